The molecule has 3 rings (SSSR count). The lowest BCUT2D eigenvalue weighted by molar-refractivity contribution is 0.260. The van der Waals surface area contributed by atoms with Crippen LogP contribution in [0.5, 0.6) is 0 Å². The Bertz CT molecular complexity index is 475. The fraction of sp³-hybridized carbons (Fsp3) is 0.800. The molecule has 5 nitrogen and oxygen atoms in total. The van der Waals surface area contributed by atoms with Crippen molar-refractivity contribution in [3.8, 4) is 0 Å². The Morgan fingerprint density at radius 2 is 1.90 bits per heavy atom. The summed E-state index contributed by atoms with van der Waals surface area (Å²) in [6.07, 6.45) is 5.56. The van der Waals surface area contributed by atoms with Gasteiger partial charge in [0.2, 0.25) is 5.95 Å². The second-order valence-electron chi connectivity index (χ2n) is 6.14. The van der Waals surface area contributed by atoms with E-state index in [1.807, 2.05) is 0 Å². The number of fused-ring (bicyclic) bond motifs is 1. The van der Waals surface area contributed by atoms with Gasteiger partial charge in [0.15, 0.2) is 0 Å². The van der Waals surface area contributed by atoms with Gasteiger partial charge in [-0.15, -0.1) is 5.10 Å². The standard InChI is InChI=1S/C15H25N5/c1-3-13-14(4-2)18-19-15(17-13)20-8-10-6-5-7-12(16)11(10)9-20/h10-12H,3-9,16H2,1-2H3. The van der Waals surface area contributed by atoms with E-state index in [0.29, 0.717) is 12.0 Å². The molecule has 3 unspecified atom stereocenters. The highest BCUT2D eigenvalue weighted by molar-refractivity contribution is 5.33. The molecule has 5 heteroatoms. The molecule has 1 saturated heterocycles. The van der Waals surface area contributed by atoms with Crippen LogP contribution in [-0.4, -0.2) is 34.3 Å². The van der Waals surface area contributed by atoms with Crippen molar-refractivity contribution in [3.05, 3.63) is 11.4 Å². The third-order valence-electron chi connectivity index (χ3n) is 4.93. The van der Waals surface area contributed by atoms with Gasteiger partial charge in [-0.2, -0.15) is 5.10 Å². The van der Waals surface area contributed by atoms with Gasteiger partial charge in [0.25, 0.3) is 0 Å². The molecule has 0 amide bonds. The largest absolute Gasteiger partial charge is 0.339 e. The Kier molecular flexibility index (Phi) is 3.87. The van der Waals surface area contributed by atoms with Crippen LogP contribution in [0.3, 0.4) is 0 Å². The Balaban J connectivity index is 1.80. The van der Waals surface area contributed by atoms with Gasteiger partial charge in [-0.1, -0.05) is 20.3 Å². The predicted octanol–water partition coefficient (Wildman–Crippen LogP) is 1.56. The molecule has 0 bridgehead atoms. The van der Waals surface area contributed by atoms with Crippen LogP contribution in [0.25, 0.3) is 0 Å². The molecule has 1 aromatic rings. The average molecular weight is 275 g/mol. The minimum absolute atomic E-state index is 0.354. The van der Waals surface area contributed by atoms with Crippen molar-refractivity contribution in [1.29, 1.82) is 0 Å². The smallest absolute Gasteiger partial charge is 0.245 e. The maximum Gasteiger partial charge on any atom is 0.245 e. The number of rotatable bonds is 3. The van der Waals surface area contributed by atoms with E-state index in [9.17, 15) is 0 Å². The molecule has 0 spiro atoms. The van der Waals surface area contributed by atoms with Gasteiger partial charge in [-0.25, -0.2) is 4.98 Å². The first-order valence-electron chi connectivity index (χ1n) is 7.95. The molecule has 2 aliphatic rings. The van der Waals surface area contributed by atoms with Gasteiger partial charge < -0.3 is 10.6 Å². The summed E-state index contributed by atoms with van der Waals surface area (Å²) in [6.45, 7) is 6.29. The summed E-state index contributed by atoms with van der Waals surface area (Å²) >= 11 is 0. The van der Waals surface area contributed by atoms with Crippen molar-refractivity contribution in [2.75, 3.05) is 18.0 Å². The zero-order valence-electron chi connectivity index (χ0n) is 12.5. The predicted molar refractivity (Wildman–Crippen MR) is 79.6 cm³/mol. The molecule has 1 aromatic heterocycles. The van der Waals surface area contributed by atoms with Crippen molar-refractivity contribution in [3.63, 3.8) is 0 Å². The number of nitrogens with zero attached hydrogens (tertiary/aromatic N) is 4. The van der Waals surface area contributed by atoms with E-state index in [1.165, 1.54) is 19.3 Å². The highest BCUT2D eigenvalue weighted by atomic mass is 15.3. The van der Waals surface area contributed by atoms with Gasteiger partial charge in [-0.05, 0) is 37.5 Å². The number of nitrogens with two attached hydrogens (primary N) is 1. The SMILES string of the molecule is CCc1nnc(N2CC3CCCC(N)C3C2)nc1CC. The summed E-state index contributed by atoms with van der Waals surface area (Å²) in [5, 5.41) is 8.71. The molecule has 20 heavy (non-hydrogen) atoms. The van der Waals surface area contributed by atoms with Crippen LogP contribution < -0.4 is 10.6 Å². The van der Waals surface area contributed by atoms with Crippen molar-refractivity contribution < 1.29 is 0 Å². The van der Waals surface area contributed by atoms with Crippen LogP contribution in [0.4, 0.5) is 5.95 Å². The Morgan fingerprint density at radius 3 is 2.60 bits per heavy atom. The fourth-order valence-electron chi connectivity index (χ4n) is 3.74. The minimum atomic E-state index is 0.354. The highest BCUT2D eigenvalue weighted by Crippen LogP contribution is 2.36. The van der Waals surface area contributed by atoms with Crippen molar-refractivity contribution >= 4 is 5.95 Å². The van der Waals surface area contributed by atoms with Gasteiger partial charge in [-0.3, -0.25) is 0 Å². The second kappa shape index (κ2) is 5.64. The van der Waals surface area contributed by atoms with E-state index in [0.717, 1.165) is 49.2 Å². The van der Waals surface area contributed by atoms with Crippen LogP contribution in [0.2, 0.25) is 0 Å². The topological polar surface area (TPSA) is 67.9 Å². The number of hydrogen-bond donors (Lipinski definition) is 1. The van der Waals surface area contributed by atoms with Crippen LogP contribution in [0.15, 0.2) is 0 Å². The van der Waals surface area contributed by atoms with Crippen LogP contribution >= 0.6 is 0 Å². The van der Waals surface area contributed by atoms with Crippen molar-refractivity contribution in [2.24, 2.45) is 17.6 Å². The molecule has 1 aliphatic heterocycles. The van der Waals surface area contributed by atoms with E-state index in [4.69, 9.17) is 10.7 Å². The normalized spacial score (nSPS) is 29.6. The lowest BCUT2D eigenvalue weighted by atomic mass is 9.78. The first kappa shape index (κ1) is 13.7. The number of hydrogen-bond acceptors (Lipinski definition) is 5. The lowest BCUT2D eigenvalue weighted by Crippen LogP contribution is -2.38. The molecule has 0 radical (unpaired) electrons. The summed E-state index contributed by atoms with van der Waals surface area (Å²) in [7, 11) is 0. The van der Waals surface area contributed by atoms with E-state index in [-0.39, 0.29) is 0 Å². The van der Waals surface area contributed by atoms with Gasteiger partial charge in [0, 0.05) is 19.1 Å². The Morgan fingerprint density at radius 1 is 1.10 bits per heavy atom. The number of aryl methyl sites for hydroxylation is 2. The molecule has 3 atom stereocenters. The van der Waals surface area contributed by atoms with E-state index < -0.39 is 0 Å². The molecule has 0 aromatic carbocycles. The highest BCUT2D eigenvalue weighted by Gasteiger charge is 2.39. The maximum atomic E-state index is 6.28. The van der Waals surface area contributed by atoms with Gasteiger partial charge in [0.05, 0.1) is 11.4 Å². The fourth-order valence-corrected chi connectivity index (χ4v) is 3.74. The molecule has 110 valence electrons. The number of anilines is 1. The monoisotopic (exact) mass is 275 g/mol. The maximum absolute atomic E-state index is 6.28. The minimum Gasteiger partial charge on any atom is -0.339 e. The van der Waals surface area contributed by atoms with Crippen LogP contribution in [0.1, 0.15) is 44.5 Å². The molecule has 2 heterocycles. The first-order chi connectivity index (χ1) is 9.72. The molecule has 1 aliphatic carbocycles. The summed E-state index contributed by atoms with van der Waals surface area (Å²) in [5.41, 5.74) is 8.40. The van der Waals surface area contributed by atoms with E-state index in [2.05, 4.69) is 28.9 Å². The Hall–Kier alpha value is -1.23. The molecule has 2 N–H and O–H groups in total. The van der Waals surface area contributed by atoms with Gasteiger partial charge in [0.1, 0.15) is 0 Å². The van der Waals surface area contributed by atoms with Gasteiger partial charge >= 0.3 is 0 Å². The zero-order valence-corrected chi connectivity index (χ0v) is 12.5. The summed E-state index contributed by atoms with van der Waals surface area (Å²) < 4.78 is 0. The van der Waals surface area contributed by atoms with E-state index in [1.54, 1.807) is 0 Å². The van der Waals surface area contributed by atoms with Crippen molar-refractivity contribution in [2.45, 2.75) is 52.0 Å². The van der Waals surface area contributed by atoms with Crippen LogP contribution in [0, 0.1) is 11.8 Å². The van der Waals surface area contributed by atoms with Crippen LogP contribution in [-0.2, 0) is 12.8 Å². The summed E-state index contributed by atoms with van der Waals surface area (Å²) in [5.74, 6) is 2.14. The molecule has 1 saturated carbocycles. The number of aromatic nitrogens is 3. The summed E-state index contributed by atoms with van der Waals surface area (Å²) in [4.78, 5) is 7.04. The Labute approximate surface area is 121 Å². The first-order valence-corrected chi connectivity index (χ1v) is 7.95. The van der Waals surface area contributed by atoms with Crippen molar-refractivity contribution in [1.82, 2.24) is 15.2 Å². The van der Waals surface area contributed by atoms with E-state index >= 15 is 0 Å². The summed E-state index contributed by atoms with van der Waals surface area (Å²) in [6, 6.07) is 0.354. The third kappa shape index (κ3) is 2.39. The molecular weight excluding hydrogens is 250 g/mol. The third-order valence-corrected chi connectivity index (χ3v) is 4.93. The molecular formula is C15H25N5. The average Bonchev–Trinajstić information content (AvgIpc) is 2.92. The second-order valence-corrected chi connectivity index (χ2v) is 6.14. The lowest BCUT2D eigenvalue weighted by Gasteiger charge is -2.29. The quantitative estimate of drug-likeness (QED) is 0.906. The zero-order chi connectivity index (χ0) is 14.1. The molecule has 2 fully saturated rings.